The van der Waals surface area contributed by atoms with Gasteiger partial charge in [0.2, 0.25) is 0 Å². The molecule has 24 heavy (non-hydrogen) atoms. The summed E-state index contributed by atoms with van der Waals surface area (Å²) in [7, 11) is 1.39. The van der Waals surface area contributed by atoms with E-state index in [1.165, 1.54) is 64.6 Å². The quantitative estimate of drug-likeness (QED) is 0.171. The molecule has 3 N–H and O–H groups in total. The molecular weight excluding hydrogens is 308 g/mol. The zero-order valence-electron chi connectivity index (χ0n) is 15.2. The van der Waals surface area contributed by atoms with Crippen molar-refractivity contribution in [3.63, 3.8) is 0 Å². The molecule has 142 valence electrons. The lowest BCUT2D eigenvalue weighted by Crippen LogP contribution is -2.26. The zero-order valence-corrected chi connectivity index (χ0v) is 15.2. The summed E-state index contributed by atoms with van der Waals surface area (Å²) < 4.78 is 4.53. The van der Waals surface area contributed by atoms with E-state index in [1.54, 1.807) is 0 Å². The number of esters is 1. The molecule has 5 nitrogen and oxygen atoms in total. The maximum absolute atomic E-state index is 10.8. The molecule has 0 amide bonds. The van der Waals surface area contributed by atoms with Crippen molar-refractivity contribution in [3.05, 3.63) is 12.2 Å². The SMILES string of the molecule is COC(=O)C=CCCCCCCCCCCCCCCC(O)(O)O. The van der Waals surface area contributed by atoms with Gasteiger partial charge < -0.3 is 20.1 Å². The molecule has 0 saturated heterocycles. The first-order valence-electron chi connectivity index (χ1n) is 9.37. The van der Waals surface area contributed by atoms with Crippen molar-refractivity contribution in [1.82, 2.24) is 0 Å². The predicted molar refractivity (Wildman–Crippen MR) is 95.2 cm³/mol. The lowest BCUT2D eigenvalue weighted by molar-refractivity contribution is -0.315. The average Bonchev–Trinajstić information content (AvgIpc) is 2.53. The second-order valence-corrected chi connectivity index (χ2v) is 6.48. The summed E-state index contributed by atoms with van der Waals surface area (Å²) in [5, 5.41) is 26.2. The van der Waals surface area contributed by atoms with Crippen LogP contribution in [0.5, 0.6) is 0 Å². The maximum Gasteiger partial charge on any atom is 0.330 e. The Hall–Kier alpha value is -0.910. The molecule has 5 heteroatoms. The third-order valence-electron chi connectivity index (χ3n) is 4.09. The van der Waals surface area contributed by atoms with E-state index in [1.807, 2.05) is 6.08 Å². The first-order chi connectivity index (χ1) is 11.5. The van der Waals surface area contributed by atoms with Crippen molar-refractivity contribution in [3.8, 4) is 0 Å². The van der Waals surface area contributed by atoms with E-state index in [9.17, 15) is 4.79 Å². The largest absolute Gasteiger partial charge is 0.466 e. The molecule has 0 aromatic rings. The van der Waals surface area contributed by atoms with E-state index in [0.717, 1.165) is 25.7 Å². The van der Waals surface area contributed by atoms with Gasteiger partial charge in [0.05, 0.1) is 7.11 Å². The van der Waals surface area contributed by atoms with Crippen LogP contribution in [-0.2, 0) is 9.53 Å². The summed E-state index contributed by atoms with van der Waals surface area (Å²) in [5.74, 6) is -2.77. The Kier molecular flexibility index (Phi) is 15.0. The fourth-order valence-electron chi connectivity index (χ4n) is 2.64. The molecule has 0 atom stereocenters. The summed E-state index contributed by atoms with van der Waals surface area (Å²) in [5.41, 5.74) is 0. The Labute approximate surface area is 146 Å². The van der Waals surface area contributed by atoms with Gasteiger partial charge in [0.25, 0.3) is 5.97 Å². The van der Waals surface area contributed by atoms with Crippen LogP contribution in [0.1, 0.15) is 89.9 Å². The second-order valence-electron chi connectivity index (χ2n) is 6.48. The number of hydrogen-bond acceptors (Lipinski definition) is 5. The highest BCUT2D eigenvalue weighted by atomic mass is 16.7. The van der Waals surface area contributed by atoms with Crippen molar-refractivity contribution < 1.29 is 24.9 Å². The van der Waals surface area contributed by atoms with Crippen LogP contribution in [-0.4, -0.2) is 34.4 Å². The number of unbranched alkanes of at least 4 members (excludes halogenated alkanes) is 12. The maximum atomic E-state index is 10.8. The highest BCUT2D eigenvalue weighted by Gasteiger charge is 2.16. The molecule has 0 heterocycles. The van der Waals surface area contributed by atoms with E-state index < -0.39 is 5.97 Å². The fraction of sp³-hybridized carbons (Fsp3) is 0.842. The van der Waals surface area contributed by atoms with Crippen LogP contribution in [0.15, 0.2) is 12.2 Å². The Morgan fingerprint density at radius 3 is 1.62 bits per heavy atom. The minimum Gasteiger partial charge on any atom is -0.466 e. The summed E-state index contributed by atoms with van der Waals surface area (Å²) in [6.45, 7) is 0. The van der Waals surface area contributed by atoms with Gasteiger partial charge >= 0.3 is 5.97 Å². The molecule has 0 aliphatic carbocycles. The fourth-order valence-corrected chi connectivity index (χ4v) is 2.64. The zero-order chi connectivity index (χ0) is 18.1. The highest BCUT2D eigenvalue weighted by Crippen LogP contribution is 2.14. The lowest BCUT2D eigenvalue weighted by Gasteiger charge is -2.12. The third kappa shape index (κ3) is 19.1. The molecule has 0 saturated carbocycles. The number of rotatable bonds is 16. The van der Waals surface area contributed by atoms with Crippen LogP contribution < -0.4 is 0 Å². The number of ether oxygens (including phenoxy) is 1. The predicted octanol–water partition coefficient (Wildman–Crippen LogP) is 3.81. The molecule has 0 radical (unpaired) electrons. The number of hydrogen-bond donors (Lipinski definition) is 3. The van der Waals surface area contributed by atoms with Crippen LogP contribution >= 0.6 is 0 Å². The third-order valence-corrected chi connectivity index (χ3v) is 4.09. The van der Waals surface area contributed by atoms with Crippen LogP contribution in [0.2, 0.25) is 0 Å². The van der Waals surface area contributed by atoms with Gasteiger partial charge in [-0.05, 0) is 19.3 Å². The van der Waals surface area contributed by atoms with Crippen LogP contribution in [0.4, 0.5) is 0 Å². The normalized spacial score (nSPS) is 12.0. The average molecular weight is 344 g/mol. The molecule has 0 rings (SSSR count). The minimum atomic E-state index is -2.49. The van der Waals surface area contributed by atoms with Crippen LogP contribution in [0, 0.1) is 0 Å². The summed E-state index contributed by atoms with van der Waals surface area (Å²) in [6.07, 6.45) is 18.2. The lowest BCUT2D eigenvalue weighted by atomic mass is 10.0. The topological polar surface area (TPSA) is 87.0 Å². The van der Waals surface area contributed by atoms with Crippen LogP contribution in [0.3, 0.4) is 0 Å². The molecule has 0 aromatic carbocycles. The Morgan fingerprint density at radius 1 is 0.792 bits per heavy atom. The van der Waals surface area contributed by atoms with Gasteiger partial charge in [0, 0.05) is 12.5 Å². The smallest absolute Gasteiger partial charge is 0.330 e. The first kappa shape index (κ1) is 23.1. The minimum absolute atomic E-state index is 0.0332. The number of carbonyl (C=O) groups excluding carboxylic acids is 1. The Bertz CT molecular complexity index is 320. The molecular formula is C19H36O5. The molecule has 0 fully saturated rings. The highest BCUT2D eigenvalue weighted by molar-refractivity contribution is 5.81. The standard InChI is InChI=1S/C19H36O5/c1-24-18(20)16-14-12-10-8-6-4-2-3-5-7-9-11-13-15-17-19(21,22)23/h14,16,21-23H,2-13,15,17H2,1H3. The molecule has 0 aliphatic rings. The number of carbonyl (C=O) groups is 1. The van der Waals surface area contributed by atoms with Crippen molar-refractivity contribution in [2.24, 2.45) is 0 Å². The summed E-state index contributed by atoms with van der Waals surface area (Å²) >= 11 is 0. The van der Waals surface area contributed by atoms with Gasteiger partial charge in [-0.25, -0.2) is 4.79 Å². The number of methoxy groups -OCH3 is 1. The van der Waals surface area contributed by atoms with Gasteiger partial charge in [-0.3, -0.25) is 0 Å². The number of aliphatic hydroxyl groups is 3. The van der Waals surface area contributed by atoms with E-state index in [-0.39, 0.29) is 12.4 Å². The molecule has 0 aromatic heterocycles. The first-order valence-corrected chi connectivity index (χ1v) is 9.37. The van der Waals surface area contributed by atoms with Crippen molar-refractivity contribution in [1.29, 1.82) is 0 Å². The van der Waals surface area contributed by atoms with Gasteiger partial charge in [0.15, 0.2) is 0 Å². The second kappa shape index (κ2) is 15.6. The molecule has 0 bridgehead atoms. The molecule has 0 spiro atoms. The van der Waals surface area contributed by atoms with Crippen molar-refractivity contribution in [2.45, 2.75) is 95.9 Å². The van der Waals surface area contributed by atoms with Crippen LogP contribution in [0.25, 0.3) is 0 Å². The van der Waals surface area contributed by atoms with Gasteiger partial charge in [-0.2, -0.15) is 0 Å². The van der Waals surface area contributed by atoms with E-state index in [4.69, 9.17) is 15.3 Å². The van der Waals surface area contributed by atoms with Crippen molar-refractivity contribution >= 4 is 5.97 Å². The molecule has 0 aliphatic heterocycles. The summed E-state index contributed by atoms with van der Waals surface area (Å²) in [6, 6.07) is 0. The molecule has 0 unspecified atom stereocenters. The van der Waals surface area contributed by atoms with Gasteiger partial charge in [0.1, 0.15) is 0 Å². The Morgan fingerprint density at radius 2 is 1.21 bits per heavy atom. The van der Waals surface area contributed by atoms with E-state index in [0.29, 0.717) is 6.42 Å². The van der Waals surface area contributed by atoms with Gasteiger partial charge in [-0.15, -0.1) is 0 Å². The van der Waals surface area contributed by atoms with Crippen molar-refractivity contribution in [2.75, 3.05) is 7.11 Å². The number of allylic oxidation sites excluding steroid dienone is 1. The van der Waals surface area contributed by atoms with E-state index in [2.05, 4.69) is 4.74 Å². The van der Waals surface area contributed by atoms with Gasteiger partial charge in [-0.1, -0.05) is 70.3 Å². The monoisotopic (exact) mass is 344 g/mol. The summed E-state index contributed by atoms with van der Waals surface area (Å²) in [4.78, 5) is 10.8. The Balaban J connectivity index is 3.13. The van der Waals surface area contributed by atoms with E-state index >= 15 is 0 Å².